The first-order valence-electron chi connectivity index (χ1n) is 9.25. The predicted molar refractivity (Wildman–Crippen MR) is 89.2 cm³/mol. The van der Waals surface area contributed by atoms with Gasteiger partial charge in [-0.15, -0.1) is 0 Å². The van der Waals surface area contributed by atoms with Gasteiger partial charge in [-0.2, -0.15) is 48.3 Å². The van der Waals surface area contributed by atoms with Crippen LogP contribution in [-0.2, 0) is 9.47 Å². The zero-order chi connectivity index (χ0) is 27.1. The first-order valence-corrected chi connectivity index (χ1v) is 9.25. The van der Waals surface area contributed by atoms with Crippen LogP contribution in [-0.4, -0.2) is 36.1 Å². The van der Waals surface area contributed by atoms with Crippen LogP contribution in [0.4, 0.5) is 57.1 Å². The third-order valence-electron chi connectivity index (χ3n) is 5.49. The Labute approximate surface area is 181 Å². The molecule has 0 heterocycles. The van der Waals surface area contributed by atoms with Crippen molar-refractivity contribution in [1.82, 2.24) is 0 Å². The Bertz CT molecular complexity index is 710. The number of ether oxygens (including phenoxy) is 2. The van der Waals surface area contributed by atoms with Gasteiger partial charge in [0.1, 0.15) is 6.10 Å². The molecule has 0 aromatic heterocycles. The van der Waals surface area contributed by atoms with Crippen LogP contribution < -0.4 is 0 Å². The normalized spacial score (nSPS) is 16.0. The minimum absolute atomic E-state index is 0.440. The topological polar surface area (TPSA) is 18.5 Å². The van der Waals surface area contributed by atoms with Gasteiger partial charge >= 0.3 is 36.2 Å². The van der Waals surface area contributed by atoms with E-state index in [2.05, 4.69) is 9.47 Å². The lowest BCUT2D eigenvalue weighted by atomic mass is 9.71. The van der Waals surface area contributed by atoms with E-state index in [0.717, 1.165) is 34.6 Å². The summed E-state index contributed by atoms with van der Waals surface area (Å²) in [4.78, 5) is 0. The van der Waals surface area contributed by atoms with Gasteiger partial charge in [-0.1, -0.05) is 41.5 Å². The second kappa shape index (κ2) is 9.33. The van der Waals surface area contributed by atoms with Gasteiger partial charge in [-0.25, -0.2) is 8.78 Å². The summed E-state index contributed by atoms with van der Waals surface area (Å²) in [6.07, 6.45) is -21.6. The summed E-state index contributed by atoms with van der Waals surface area (Å²) in [5, 5.41) is 0. The van der Waals surface area contributed by atoms with Crippen molar-refractivity contribution in [2.24, 2.45) is 10.8 Å². The van der Waals surface area contributed by atoms with Gasteiger partial charge in [-0.05, 0) is 18.3 Å². The molecule has 1 atom stereocenters. The molecule has 0 rings (SSSR count). The molecular weight excluding hydrogens is 495 g/mol. The molecule has 1 unspecified atom stereocenters. The van der Waals surface area contributed by atoms with E-state index in [0.29, 0.717) is 0 Å². The molecule has 0 spiro atoms. The van der Waals surface area contributed by atoms with Crippen LogP contribution >= 0.6 is 0 Å². The molecule has 0 aliphatic carbocycles. The Morgan fingerprint density at radius 1 is 0.667 bits per heavy atom. The van der Waals surface area contributed by atoms with Crippen LogP contribution in [0, 0.1) is 10.8 Å². The van der Waals surface area contributed by atoms with Crippen molar-refractivity contribution in [3.63, 3.8) is 0 Å². The molecule has 0 aromatic carbocycles. The number of hydrogen-bond acceptors (Lipinski definition) is 2. The molecule has 0 aliphatic heterocycles. The van der Waals surface area contributed by atoms with Crippen molar-refractivity contribution in [3.8, 4) is 0 Å². The minimum Gasteiger partial charge on any atom is -0.397 e. The highest BCUT2D eigenvalue weighted by atomic mass is 19.4. The molecule has 0 fully saturated rings. The number of hydrogen-bond donors (Lipinski definition) is 0. The first kappa shape index (κ1) is 31.6. The standard InChI is InChI=1S/C18H23F13O2/c1-7-12(3,4)11(14(22,23)13(5,6)8-2)33-18(30,31)16(26,27)15(24,25)17(28,29)32-10(21)9(19)20/h11H,7-8H2,1-6H3. The van der Waals surface area contributed by atoms with E-state index >= 15 is 8.78 Å². The lowest BCUT2D eigenvalue weighted by Gasteiger charge is -2.47. The maximum Gasteiger partial charge on any atom is 0.473 e. The number of alkyl halides is 10. The third kappa shape index (κ3) is 5.64. The highest BCUT2D eigenvalue weighted by Crippen LogP contribution is 2.57. The van der Waals surface area contributed by atoms with Crippen molar-refractivity contribution in [2.45, 2.75) is 90.5 Å². The van der Waals surface area contributed by atoms with Crippen LogP contribution in [0.1, 0.15) is 54.4 Å². The van der Waals surface area contributed by atoms with E-state index in [1.54, 1.807) is 0 Å². The maximum atomic E-state index is 15.1. The molecule has 0 saturated heterocycles. The van der Waals surface area contributed by atoms with Crippen molar-refractivity contribution in [1.29, 1.82) is 0 Å². The Hall–Kier alpha value is -1.41. The van der Waals surface area contributed by atoms with Gasteiger partial charge in [0.25, 0.3) is 5.92 Å². The summed E-state index contributed by atoms with van der Waals surface area (Å²) >= 11 is 0. The Morgan fingerprint density at radius 2 is 1.06 bits per heavy atom. The van der Waals surface area contributed by atoms with E-state index < -0.39 is 71.9 Å². The van der Waals surface area contributed by atoms with Gasteiger partial charge in [0.05, 0.1) is 0 Å². The van der Waals surface area contributed by atoms with Crippen molar-refractivity contribution in [3.05, 3.63) is 12.1 Å². The van der Waals surface area contributed by atoms with Gasteiger partial charge < -0.3 is 9.47 Å². The van der Waals surface area contributed by atoms with Crippen LogP contribution in [0.2, 0.25) is 0 Å². The van der Waals surface area contributed by atoms with E-state index in [1.807, 2.05) is 0 Å². The predicted octanol–water partition coefficient (Wildman–Crippen LogP) is 8.39. The summed E-state index contributed by atoms with van der Waals surface area (Å²) in [5.41, 5.74) is -4.33. The fraction of sp³-hybridized carbons (Fsp3) is 0.889. The lowest BCUT2D eigenvalue weighted by Crippen LogP contribution is -2.66. The average molecular weight is 518 g/mol. The maximum absolute atomic E-state index is 15.1. The van der Waals surface area contributed by atoms with Crippen molar-refractivity contribution in [2.75, 3.05) is 0 Å². The minimum atomic E-state index is -7.41. The monoisotopic (exact) mass is 518 g/mol. The average Bonchev–Trinajstić information content (AvgIpc) is 2.64. The summed E-state index contributed by atoms with van der Waals surface area (Å²) in [5.74, 6) is -19.2. The van der Waals surface area contributed by atoms with Gasteiger partial charge in [0, 0.05) is 5.41 Å². The first-order chi connectivity index (χ1) is 14.3. The second-order valence-corrected chi connectivity index (χ2v) is 8.52. The highest BCUT2D eigenvalue weighted by molar-refractivity contribution is 5.03. The van der Waals surface area contributed by atoms with Gasteiger partial charge in [-0.3, -0.25) is 0 Å². The van der Waals surface area contributed by atoms with Gasteiger partial charge in [0.2, 0.25) is 0 Å². The SMILES string of the molecule is CCC(C)(C)C(OC(F)(F)C(F)(F)C(F)(F)C(F)(F)OC(F)=C(F)F)C(F)(F)C(C)(C)CC. The zero-order valence-corrected chi connectivity index (χ0v) is 18.2. The van der Waals surface area contributed by atoms with Crippen LogP contribution in [0.15, 0.2) is 12.1 Å². The zero-order valence-electron chi connectivity index (χ0n) is 18.2. The van der Waals surface area contributed by atoms with Crippen LogP contribution in [0.5, 0.6) is 0 Å². The van der Waals surface area contributed by atoms with Gasteiger partial charge in [0.15, 0.2) is 0 Å². The summed E-state index contributed by atoms with van der Waals surface area (Å²) in [6, 6.07) is -3.75. The molecule has 33 heavy (non-hydrogen) atoms. The fourth-order valence-electron chi connectivity index (χ4n) is 2.30. The fourth-order valence-corrected chi connectivity index (χ4v) is 2.30. The quantitative estimate of drug-likeness (QED) is 0.191. The molecule has 0 amide bonds. The lowest BCUT2D eigenvalue weighted by molar-refractivity contribution is -0.475. The van der Waals surface area contributed by atoms with Crippen molar-refractivity contribution >= 4 is 0 Å². The molecule has 2 nitrogen and oxygen atoms in total. The molecule has 0 N–H and O–H groups in total. The number of rotatable bonds is 12. The largest absolute Gasteiger partial charge is 0.473 e. The van der Waals surface area contributed by atoms with Crippen LogP contribution in [0.3, 0.4) is 0 Å². The molecular formula is C18H23F13O2. The molecule has 198 valence electrons. The van der Waals surface area contributed by atoms with E-state index in [4.69, 9.17) is 0 Å². The Balaban J connectivity index is 6.58. The van der Waals surface area contributed by atoms with Crippen LogP contribution in [0.25, 0.3) is 0 Å². The molecule has 0 bridgehead atoms. The summed E-state index contributed by atoms with van der Waals surface area (Å²) in [6.45, 7) is 5.70. The number of halogens is 13. The molecule has 15 heteroatoms. The Morgan fingerprint density at radius 3 is 1.39 bits per heavy atom. The van der Waals surface area contributed by atoms with E-state index in [1.165, 1.54) is 6.92 Å². The van der Waals surface area contributed by atoms with Crippen molar-refractivity contribution < 1.29 is 66.5 Å². The molecule has 0 radical (unpaired) electrons. The van der Waals surface area contributed by atoms with E-state index in [9.17, 15) is 48.3 Å². The molecule has 0 saturated carbocycles. The highest BCUT2D eigenvalue weighted by Gasteiger charge is 2.84. The van der Waals surface area contributed by atoms with E-state index in [-0.39, 0.29) is 0 Å². The molecule has 0 aliphatic rings. The second-order valence-electron chi connectivity index (χ2n) is 8.52. The Kier molecular flexibility index (Phi) is 8.93. The third-order valence-corrected chi connectivity index (χ3v) is 5.49. The summed E-state index contributed by atoms with van der Waals surface area (Å²) < 4.78 is 183. The smallest absolute Gasteiger partial charge is 0.397 e. The molecule has 0 aromatic rings. The summed E-state index contributed by atoms with van der Waals surface area (Å²) in [7, 11) is 0.